The van der Waals surface area contributed by atoms with Crippen molar-refractivity contribution in [1.29, 1.82) is 0 Å². The van der Waals surface area contributed by atoms with Crippen LogP contribution >= 0.6 is 0 Å². The van der Waals surface area contributed by atoms with E-state index in [9.17, 15) is 10.2 Å². The summed E-state index contributed by atoms with van der Waals surface area (Å²) in [5.74, 6) is -0.791. The molecule has 10 N–H and O–H groups in total. The van der Waals surface area contributed by atoms with Crippen molar-refractivity contribution in [3.63, 3.8) is 0 Å². The van der Waals surface area contributed by atoms with Gasteiger partial charge in [0, 0.05) is 13.1 Å². The molecule has 0 unspecified atom stereocenters. The predicted molar refractivity (Wildman–Crippen MR) is 111 cm³/mol. The lowest BCUT2D eigenvalue weighted by atomic mass is 10.1. The topological polar surface area (TPSA) is 203 Å². The van der Waals surface area contributed by atoms with Crippen LogP contribution in [0.15, 0.2) is 36.4 Å². The predicted octanol–water partition coefficient (Wildman–Crippen LogP) is 0.382. The van der Waals surface area contributed by atoms with Crippen molar-refractivity contribution in [3.8, 4) is 23.0 Å². The minimum atomic E-state index is -2.61. The van der Waals surface area contributed by atoms with Crippen LogP contribution in [0.2, 0.25) is 0 Å². The molecule has 0 saturated heterocycles. The van der Waals surface area contributed by atoms with Gasteiger partial charge in [0.25, 0.3) is 11.4 Å². The van der Waals surface area contributed by atoms with E-state index in [-0.39, 0.29) is 23.0 Å². The van der Waals surface area contributed by atoms with Gasteiger partial charge in [-0.25, -0.2) is 0 Å². The highest BCUT2D eigenvalue weighted by atomic mass is 32.2. The summed E-state index contributed by atoms with van der Waals surface area (Å²) in [5, 5.41) is 60.9. The molecule has 0 saturated carbocycles. The summed E-state index contributed by atoms with van der Waals surface area (Å²) in [6, 6.07) is 8.52. The third-order valence-corrected chi connectivity index (χ3v) is 3.56. The highest BCUT2D eigenvalue weighted by Gasteiger charge is 2.09. The monoisotopic (exact) mass is 448 g/mol. The summed E-state index contributed by atoms with van der Waals surface area (Å²) >= 11 is -2.61. The minimum Gasteiger partial charge on any atom is -0.504 e. The Morgan fingerprint density at radius 2 is 1.03 bits per heavy atom. The van der Waals surface area contributed by atoms with Gasteiger partial charge in [-0.05, 0) is 49.5 Å². The highest BCUT2D eigenvalue weighted by Crippen LogP contribution is 2.28. The van der Waals surface area contributed by atoms with Crippen LogP contribution in [0.3, 0.4) is 0 Å². The van der Waals surface area contributed by atoms with Crippen LogP contribution in [0.4, 0.5) is 0 Å². The van der Waals surface area contributed by atoms with E-state index < -0.39 is 23.6 Å². The average Bonchev–Trinajstić information content (AvgIpc) is 2.66. The lowest BCUT2D eigenvalue weighted by Crippen LogP contribution is -2.16. The lowest BCUT2D eigenvalue weighted by Gasteiger charge is -2.10. The molecule has 0 aliphatic rings. The first-order valence-corrected chi connectivity index (χ1v) is 9.58. The third-order valence-electron chi connectivity index (χ3n) is 3.56. The number of aliphatic hydroxyl groups excluding tert-OH is 2. The molecule has 2 atom stereocenters. The van der Waals surface area contributed by atoms with Crippen molar-refractivity contribution in [2.45, 2.75) is 12.2 Å². The van der Waals surface area contributed by atoms with Crippen molar-refractivity contribution in [1.82, 2.24) is 10.6 Å². The van der Waals surface area contributed by atoms with Crippen molar-refractivity contribution in [2.24, 2.45) is 0 Å². The number of hydrogen-bond donors (Lipinski definition) is 10. The molecule has 0 heterocycles. The van der Waals surface area contributed by atoms with Crippen LogP contribution in [0.1, 0.15) is 23.3 Å². The van der Waals surface area contributed by atoms with E-state index in [0.717, 1.165) is 0 Å². The molecule has 0 spiro atoms. The minimum absolute atomic E-state index is 0.180. The molecule has 0 aliphatic carbocycles. The molecular formula is C18H28N2O9S. The Morgan fingerprint density at radius 1 is 0.733 bits per heavy atom. The summed E-state index contributed by atoms with van der Waals surface area (Å²) in [5.41, 5.74) is 1.15. The fourth-order valence-electron chi connectivity index (χ4n) is 2.12. The van der Waals surface area contributed by atoms with Gasteiger partial charge in [0.2, 0.25) is 0 Å². The summed E-state index contributed by atoms with van der Waals surface area (Å²) in [7, 11) is 3.45. The third kappa shape index (κ3) is 10.9. The number of aliphatic hydroxyl groups is 2. The molecule has 0 aromatic heterocycles. The first-order valence-electron chi connectivity index (χ1n) is 8.52. The van der Waals surface area contributed by atoms with Gasteiger partial charge >= 0.3 is 0 Å². The molecule has 0 fully saturated rings. The number of likely N-dealkylation sites (N-methyl/N-ethyl adjacent to an activating group) is 2. The number of phenols is 4. The second kappa shape index (κ2) is 14.5. The van der Waals surface area contributed by atoms with E-state index in [1.807, 2.05) is 0 Å². The average molecular weight is 448 g/mol. The standard InChI is InChI=1S/2C9H13NO3.H2O3S/c2*1-10-5-9(13)6-2-3-7(11)8(12)4-6;1-4(2)3/h2*2-4,9-13H,5H2,1H3;(H2,1,2,3)/t2*9-;/m00./s1. The number of phenolic OH excluding ortho intramolecular Hbond substituents is 4. The Kier molecular flexibility index (Phi) is 13.3. The normalized spacial score (nSPS) is 12.2. The zero-order valence-electron chi connectivity index (χ0n) is 16.4. The molecular weight excluding hydrogens is 420 g/mol. The van der Waals surface area contributed by atoms with Gasteiger partial charge in [0.05, 0.1) is 12.2 Å². The van der Waals surface area contributed by atoms with Crippen molar-refractivity contribution >= 4 is 11.4 Å². The second-order valence-corrected chi connectivity index (χ2v) is 6.34. The molecule has 0 aliphatic heterocycles. The van der Waals surface area contributed by atoms with Crippen LogP contribution in [0.25, 0.3) is 0 Å². The van der Waals surface area contributed by atoms with Crippen molar-refractivity contribution in [2.75, 3.05) is 27.2 Å². The summed E-state index contributed by atoms with van der Waals surface area (Å²) in [6.07, 6.45) is -1.34. The highest BCUT2D eigenvalue weighted by molar-refractivity contribution is 7.73. The van der Waals surface area contributed by atoms with E-state index in [1.165, 1.54) is 24.3 Å². The van der Waals surface area contributed by atoms with Crippen LogP contribution < -0.4 is 10.6 Å². The Bertz CT molecular complexity index is 729. The summed E-state index contributed by atoms with van der Waals surface area (Å²) < 4.78 is 22.8. The molecule has 170 valence electrons. The molecule has 0 amide bonds. The van der Waals surface area contributed by atoms with Gasteiger partial charge in [-0.15, -0.1) is 0 Å². The molecule has 0 bridgehead atoms. The van der Waals surface area contributed by atoms with Crippen molar-refractivity contribution in [3.05, 3.63) is 47.5 Å². The van der Waals surface area contributed by atoms with Crippen LogP contribution in [0, 0.1) is 0 Å². The van der Waals surface area contributed by atoms with Gasteiger partial charge < -0.3 is 41.3 Å². The molecule has 30 heavy (non-hydrogen) atoms. The van der Waals surface area contributed by atoms with E-state index in [0.29, 0.717) is 24.2 Å². The quantitative estimate of drug-likeness (QED) is 0.216. The fraction of sp³-hybridized carbons (Fsp3) is 0.333. The second-order valence-electron chi connectivity index (χ2n) is 5.87. The fourth-order valence-corrected chi connectivity index (χ4v) is 2.12. The Hall–Kier alpha value is -2.45. The maximum absolute atomic E-state index is 9.48. The zero-order valence-corrected chi connectivity index (χ0v) is 17.2. The molecule has 2 rings (SSSR count). The van der Waals surface area contributed by atoms with Gasteiger partial charge in [-0.3, -0.25) is 9.11 Å². The van der Waals surface area contributed by atoms with E-state index in [1.54, 1.807) is 26.2 Å². The van der Waals surface area contributed by atoms with Crippen LogP contribution in [-0.2, 0) is 11.4 Å². The first kappa shape index (κ1) is 27.5. The Balaban J connectivity index is 0.000000477. The molecule has 12 heteroatoms. The van der Waals surface area contributed by atoms with E-state index in [2.05, 4.69) is 10.6 Å². The maximum atomic E-state index is 9.48. The molecule has 11 nitrogen and oxygen atoms in total. The lowest BCUT2D eigenvalue weighted by molar-refractivity contribution is 0.177. The first-order chi connectivity index (χ1) is 14.0. The van der Waals surface area contributed by atoms with Crippen LogP contribution in [0.5, 0.6) is 23.0 Å². The largest absolute Gasteiger partial charge is 0.504 e. The van der Waals surface area contributed by atoms with Gasteiger partial charge in [0.1, 0.15) is 0 Å². The molecule has 2 aromatic carbocycles. The SMILES string of the molecule is CNC[C@H](O)c1ccc(O)c(O)c1.CNC[C@H](O)c1ccc(O)c(O)c1.O=S(O)O. The Labute approximate surface area is 176 Å². The number of hydrogen-bond acceptors (Lipinski definition) is 9. The number of benzene rings is 2. The molecule has 2 aromatic rings. The van der Waals surface area contributed by atoms with Gasteiger partial charge in [-0.2, -0.15) is 4.21 Å². The van der Waals surface area contributed by atoms with Crippen LogP contribution in [-0.4, -0.2) is 71.1 Å². The smallest absolute Gasteiger partial charge is 0.299 e. The van der Waals surface area contributed by atoms with Gasteiger partial charge in [-0.1, -0.05) is 12.1 Å². The number of nitrogens with one attached hydrogen (secondary N) is 2. The van der Waals surface area contributed by atoms with E-state index >= 15 is 0 Å². The number of rotatable bonds is 6. The molecule has 0 radical (unpaired) electrons. The summed E-state index contributed by atoms with van der Waals surface area (Å²) in [4.78, 5) is 0. The maximum Gasteiger partial charge on any atom is 0.299 e. The van der Waals surface area contributed by atoms with Gasteiger partial charge in [0.15, 0.2) is 23.0 Å². The summed E-state index contributed by atoms with van der Waals surface area (Å²) in [6.45, 7) is 0.814. The number of aromatic hydroxyl groups is 4. The van der Waals surface area contributed by atoms with E-state index in [4.69, 9.17) is 33.7 Å². The zero-order chi connectivity index (χ0) is 23.3. The van der Waals surface area contributed by atoms with Crippen molar-refractivity contribution < 1.29 is 44.0 Å². The Morgan fingerprint density at radius 3 is 1.27 bits per heavy atom.